The maximum atomic E-state index is 10.4. The number of hydrogen-bond acceptors (Lipinski definition) is 5. The number of hydrogen-bond donors (Lipinski definition) is 0. The van der Waals surface area contributed by atoms with Crippen molar-refractivity contribution in [2.24, 2.45) is 0 Å². The topological polar surface area (TPSA) is 70.3 Å². The molecule has 5 rings (SSSR count). The van der Waals surface area contributed by atoms with Crippen LogP contribution in [-0.2, 0) is 16.7 Å². The second-order valence-electron chi connectivity index (χ2n) is 7.89. The zero-order chi connectivity index (χ0) is 24.3. The van der Waals surface area contributed by atoms with Crippen LogP contribution in [0.15, 0.2) is 89.5 Å². The molecule has 174 valence electrons. The fourth-order valence-corrected chi connectivity index (χ4v) is 5.35. The maximum absolute atomic E-state index is 10.4. The molecule has 4 aromatic rings. The van der Waals surface area contributed by atoms with Crippen molar-refractivity contribution >= 4 is 43.3 Å². The third kappa shape index (κ3) is 5.28. The van der Waals surface area contributed by atoms with Gasteiger partial charge in [0.15, 0.2) is 0 Å². The molecule has 0 saturated heterocycles. The highest BCUT2D eigenvalue weighted by Crippen LogP contribution is 2.33. The number of fused-ring (bicyclic) bond motifs is 2. The minimum absolute atomic E-state index is 0.178. The normalized spacial score (nSPS) is 14.1. The first-order valence-corrected chi connectivity index (χ1v) is 13.1. The summed E-state index contributed by atoms with van der Waals surface area (Å²) in [4.78, 5) is -0.178. The van der Waals surface area contributed by atoms with E-state index >= 15 is 0 Å². The van der Waals surface area contributed by atoms with Crippen molar-refractivity contribution in [3.8, 4) is 5.75 Å². The lowest BCUT2D eigenvalue weighted by atomic mass is 10.0. The van der Waals surface area contributed by atoms with Crippen LogP contribution in [0.4, 0.5) is 0 Å². The minimum atomic E-state index is -4.27. The largest absolute Gasteiger partial charge is 0.744 e. The van der Waals surface area contributed by atoms with Gasteiger partial charge in [-0.15, -0.1) is 0 Å². The summed E-state index contributed by atoms with van der Waals surface area (Å²) in [5.41, 5.74) is 4.62. The summed E-state index contributed by atoms with van der Waals surface area (Å²) in [6.07, 6.45) is 4.26. The summed E-state index contributed by atoms with van der Waals surface area (Å²) >= 11 is 1.80. The van der Waals surface area contributed by atoms with Crippen LogP contribution in [0.3, 0.4) is 0 Å². The Kier molecular flexibility index (Phi) is 6.97. The Morgan fingerprint density at radius 3 is 2.35 bits per heavy atom. The molecule has 0 radical (unpaired) electrons. The van der Waals surface area contributed by atoms with Gasteiger partial charge in [-0.1, -0.05) is 59.4 Å². The molecule has 3 aromatic carbocycles. The van der Waals surface area contributed by atoms with Crippen LogP contribution in [0.25, 0.3) is 21.9 Å². The number of aryl methyl sites for hydroxylation is 2. The highest BCUT2D eigenvalue weighted by molar-refractivity contribution is 7.85. The molecule has 7 heteroatoms. The van der Waals surface area contributed by atoms with Crippen molar-refractivity contribution in [1.82, 2.24) is 0 Å². The van der Waals surface area contributed by atoms with Crippen molar-refractivity contribution < 1.29 is 22.3 Å². The molecule has 0 saturated carbocycles. The Morgan fingerprint density at radius 1 is 0.971 bits per heavy atom. The van der Waals surface area contributed by atoms with Crippen molar-refractivity contribution in [3.05, 3.63) is 101 Å². The lowest BCUT2D eigenvalue weighted by Gasteiger charge is -2.17. The number of allylic oxidation sites excluding steroid dienone is 2. The molecule has 2 heterocycles. The van der Waals surface area contributed by atoms with Gasteiger partial charge in [0.2, 0.25) is 5.52 Å². The molecule has 0 amide bonds. The van der Waals surface area contributed by atoms with Gasteiger partial charge in [-0.05, 0) is 56.7 Å². The smallest absolute Gasteiger partial charge is 0.266 e. The standard InChI is InChI=1S/C20H18NOS.C7H8O3S/c1-3-21-17-9-5-7-11-19(17)23-20(21)13-15-12-14(2)16-8-4-6-10-18(16)22-15;1-6-2-4-7(5-3-6)11(8,9)10/h4-13H,3H2,1-2H3;2-5H,1H3,(H,8,9,10)/q+1;/p-1/b15-13+;. The van der Waals surface area contributed by atoms with E-state index in [4.69, 9.17) is 4.74 Å². The van der Waals surface area contributed by atoms with Crippen LogP contribution in [0, 0.1) is 6.92 Å². The number of thiazole rings is 1. The van der Waals surface area contributed by atoms with Crippen LogP contribution in [0.5, 0.6) is 5.75 Å². The first kappa shape index (κ1) is 23.9. The Labute approximate surface area is 204 Å². The number of benzene rings is 3. The molecule has 1 aliphatic heterocycles. The van der Waals surface area contributed by atoms with Gasteiger partial charge in [0.05, 0.1) is 11.0 Å². The quantitative estimate of drug-likeness (QED) is 0.262. The van der Waals surface area contributed by atoms with Crippen LogP contribution in [0.1, 0.15) is 30.0 Å². The van der Waals surface area contributed by atoms with Crippen LogP contribution in [0.2, 0.25) is 0 Å². The van der Waals surface area contributed by atoms with E-state index in [-0.39, 0.29) is 4.90 Å². The molecule has 1 aliphatic rings. The van der Waals surface area contributed by atoms with E-state index in [2.05, 4.69) is 60.9 Å². The maximum Gasteiger partial charge on any atom is 0.266 e. The van der Waals surface area contributed by atoms with E-state index in [0.717, 1.165) is 23.6 Å². The average Bonchev–Trinajstić information content (AvgIpc) is 3.16. The van der Waals surface area contributed by atoms with E-state index in [0.29, 0.717) is 0 Å². The van der Waals surface area contributed by atoms with Crippen LogP contribution >= 0.6 is 11.3 Å². The molecule has 0 bridgehead atoms. The molecule has 0 atom stereocenters. The Hall–Kier alpha value is -3.26. The van der Waals surface area contributed by atoms with Crippen molar-refractivity contribution in [2.75, 3.05) is 0 Å². The van der Waals surface area contributed by atoms with Crippen LogP contribution < -0.4 is 9.30 Å². The number of rotatable bonds is 3. The van der Waals surface area contributed by atoms with Gasteiger partial charge >= 0.3 is 0 Å². The number of para-hydroxylation sites is 2. The average molecular weight is 492 g/mol. The predicted molar refractivity (Wildman–Crippen MR) is 136 cm³/mol. The minimum Gasteiger partial charge on any atom is -0.744 e. The van der Waals surface area contributed by atoms with Gasteiger partial charge in [0.1, 0.15) is 32.9 Å². The first-order chi connectivity index (χ1) is 16.3. The highest BCUT2D eigenvalue weighted by Gasteiger charge is 2.19. The van der Waals surface area contributed by atoms with Crippen LogP contribution in [-0.4, -0.2) is 13.0 Å². The first-order valence-electron chi connectivity index (χ1n) is 10.9. The molecular formula is C27H25NO4S2. The van der Waals surface area contributed by atoms with Crippen molar-refractivity contribution in [1.29, 1.82) is 0 Å². The highest BCUT2D eigenvalue weighted by atomic mass is 32.2. The van der Waals surface area contributed by atoms with E-state index in [9.17, 15) is 13.0 Å². The molecule has 0 unspecified atom stereocenters. The van der Waals surface area contributed by atoms with Gasteiger partial charge in [-0.2, -0.15) is 4.57 Å². The molecule has 5 nitrogen and oxygen atoms in total. The van der Waals surface area contributed by atoms with E-state index in [1.54, 1.807) is 23.5 Å². The molecule has 0 spiro atoms. The van der Waals surface area contributed by atoms with Gasteiger partial charge in [-0.3, -0.25) is 0 Å². The van der Waals surface area contributed by atoms with E-state index < -0.39 is 10.1 Å². The fraction of sp³-hybridized carbons (Fsp3) is 0.148. The summed E-state index contributed by atoms with van der Waals surface area (Å²) in [6.45, 7) is 7.08. The monoisotopic (exact) mass is 491 g/mol. The molecular weight excluding hydrogens is 466 g/mol. The molecule has 1 aromatic heterocycles. The second-order valence-corrected chi connectivity index (χ2v) is 10.3. The summed E-state index contributed by atoms with van der Waals surface area (Å²) < 4.78 is 40.9. The molecule has 0 N–H and O–H groups in total. The third-order valence-electron chi connectivity index (χ3n) is 5.43. The molecule has 0 fully saturated rings. The summed E-state index contributed by atoms with van der Waals surface area (Å²) in [6, 6.07) is 22.5. The Balaban J connectivity index is 0.000000210. The van der Waals surface area contributed by atoms with Crippen molar-refractivity contribution in [3.63, 3.8) is 0 Å². The zero-order valence-corrected chi connectivity index (χ0v) is 20.8. The summed E-state index contributed by atoms with van der Waals surface area (Å²) in [5.74, 6) is 1.83. The Morgan fingerprint density at radius 2 is 1.65 bits per heavy atom. The number of nitrogens with zero attached hydrogens (tertiary/aromatic N) is 1. The molecule has 0 aliphatic carbocycles. The lowest BCUT2D eigenvalue weighted by molar-refractivity contribution is -0.665. The predicted octanol–water partition coefficient (Wildman–Crippen LogP) is 5.94. The second kappa shape index (κ2) is 9.93. The third-order valence-corrected chi connectivity index (χ3v) is 7.39. The fourth-order valence-electron chi connectivity index (χ4n) is 3.71. The van der Waals surface area contributed by atoms with Gasteiger partial charge < -0.3 is 9.29 Å². The number of aromatic nitrogens is 1. The zero-order valence-electron chi connectivity index (χ0n) is 19.2. The summed E-state index contributed by atoms with van der Waals surface area (Å²) in [5, 5.41) is 1.21. The Bertz CT molecular complexity index is 1500. The molecule has 34 heavy (non-hydrogen) atoms. The lowest BCUT2D eigenvalue weighted by Crippen LogP contribution is -2.33. The van der Waals surface area contributed by atoms with Crippen molar-refractivity contribution in [2.45, 2.75) is 32.2 Å². The van der Waals surface area contributed by atoms with E-state index in [1.807, 2.05) is 25.1 Å². The van der Waals surface area contributed by atoms with E-state index in [1.165, 1.54) is 38.5 Å². The van der Waals surface area contributed by atoms with Gasteiger partial charge in [-0.25, -0.2) is 8.42 Å². The van der Waals surface area contributed by atoms with Gasteiger partial charge in [0.25, 0.3) is 5.01 Å². The van der Waals surface area contributed by atoms with Gasteiger partial charge in [0, 0.05) is 11.6 Å². The SMILES string of the molecule is CC[n+]1c(/C=C2\C=C(C)c3ccccc3O2)sc2ccccc21.Cc1ccc(S(=O)(=O)[O-])cc1. The summed E-state index contributed by atoms with van der Waals surface area (Å²) in [7, 11) is -4.27. The number of ether oxygens (including phenoxy) is 1.